The number of hydrogen-bond donors (Lipinski definition) is 1. The predicted octanol–water partition coefficient (Wildman–Crippen LogP) is 4.03. The Balaban J connectivity index is 2.24. The van der Waals surface area contributed by atoms with Crippen molar-refractivity contribution in [2.45, 2.75) is 19.4 Å². The summed E-state index contributed by atoms with van der Waals surface area (Å²) in [4.78, 5) is 0.888. The van der Waals surface area contributed by atoms with Gasteiger partial charge in [-0.25, -0.2) is 0 Å². The zero-order valence-electron chi connectivity index (χ0n) is 11.2. The molecule has 21 heavy (non-hydrogen) atoms. The van der Waals surface area contributed by atoms with Gasteiger partial charge in [0.05, 0.1) is 0 Å². The summed E-state index contributed by atoms with van der Waals surface area (Å²) in [6, 6.07) is 7.56. The Morgan fingerprint density at radius 1 is 1.19 bits per heavy atom. The van der Waals surface area contributed by atoms with Crippen LogP contribution in [-0.2, 0) is 0 Å². The molecule has 0 bridgehead atoms. The normalized spacial score (nSPS) is 13.0. The predicted molar refractivity (Wildman–Crippen MR) is 74.6 cm³/mol. The number of hydrogen-bond acceptors (Lipinski definition) is 4. The molecule has 2 rings (SSSR count). The number of para-hydroxylation sites is 2. The number of aryl methyl sites for hydroxylation is 1. The molecule has 0 saturated carbocycles. The highest BCUT2D eigenvalue weighted by Crippen LogP contribution is 2.36. The Morgan fingerprint density at radius 2 is 1.86 bits per heavy atom. The van der Waals surface area contributed by atoms with Crippen LogP contribution in [0.15, 0.2) is 35.7 Å². The first kappa shape index (κ1) is 15.7. The molecule has 0 spiro atoms. The van der Waals surface area contributed by atoms with Crippen LogP contribution >= 0.6 is 11.3 Å². The van der Waals surface area contributed by atoms with Crippen molar-refractivity contribution in [1.82, 2.24) is 0 Å². The average molecular weight is 317 g/mol. The number of rotatable bonds is 5. The van der Waals surface area contributed by atoms with Crippen molar-refractivity contribution < 1.29 is 22.6 Å². The van der Waals surface area contributed by atoms with Gasteiger partial charge in [0.2, 0.25) is 0 Å². The van der Waals surface area contributed by atoms with Crippen LogP contribution in [0.3, 0.4) is 0 Å². The first-order valence-corrected chi connectivity index (χ1v) is 7.04. The number of ether oxygens (including phenoxy) is 2. The molecule has 0 fully saturated rings. The van der Waals surface area contributed by atoms with E-state index in [0.29, 0.717) is 0 Å². The van der Waals surface area contributed by atoms with Gasteiger partial charge < -0.3 is 15.2 Å². The van der Waals surface area contributed by atoms with Crippen LogP contribution in [0, 0.1) is 6.92 Å². The fourth-order valence-corrected chi connectivity index (χ4v) is 2.80. The molecule has 2 N–H and O–H groups in total. The van der Waals surface area contributed by atoms with E-state index in [9.17, 15) is 13.2 Å². The van der Waals surface area contributed by atoms with Gasteiger partial charge in [-0.1, -0.05) is 12.1 Å². The Morgan fingerprint density at radius 3 is 2.38 bits per heavy atom. The van der Waals surface area contributed by atoms with E-state index in [2.05, 4.69) is 4.74 Å². The van der Waals surface area contributed by atoms with Gasteiger partial charge in [-0.15, -0.1) is 24.5 Å². The van der Waals surface area contributed by atoms with Gasteiger partial charge in [0.25, 0.3) is 0 Å². The van der Waals surface area contributed by atoms with Gasteiger partial charge in [-0.3, -0.25) is 0 Å². The molecule has 0 radical (unpaired) electrons. The first-order valence-electron chi connectivity index (χ1n) is 6.16. The Hall–Kier alpha value is -1.73. The molecule has 0 saturated heterocycles. The van der Waals surface area contributed by atoms with Crippen molar-refractivity contribution in [3.63, 3.8) is 0 Å². The molecule has 0 aliphatic carbocycles. The van der Waals surface area contributed by atoms with E-state index in [0.717, 1.165) is 10.4 Å². The smallest absolute Gasteiger partial charge is 0.480 e. The third-order valence-electron chi connectivity index (χ3n) is 2.75. The van der Waals surface area contributed by atoms with Crippen molar-refractivity contribution >= 4 is 11.3 Å². The summed E-state index contributed by atoms with van der Waals surface area (Å²) in [6.07, 6.45) is -5.28. The van der Waals surface area contributed by atoms with Crippen molar-refractivity contribution in [1.29, 1.82) is 0 Å². The van der Waals surface area contributed by atoms with E-state index in [1.165, 1.54) is 29.5 Å². The minimum Gasteiger partial charge on any atom is -0.480 e. The van der Waals surface area contributed by atoms with Crippen molar-refractivity contribution in [2.24, 2.45) is 5.73 Å². The molecule has 0 amide bonds. The summed E-state index contributed by atoms with van der Waals surface area (Å²) in [5.41, 5.74) is 6.67. The maximum absolute atomic E-state index is 12.4. The minimum atomic E-state index is -4.77. The van der Waals surface area contributed by atoms with Crippen LogP contribution in [-0.4, -0.2) is 12.9 Å². The quantitative estimate of drug-likeness (QED) is 0.905. The fourth-order valence-electron chi connectivity index (χ4n) is 1.83. The van der Waals surface area contributed by atoms with Gasteiger partial charge in [0.15, 0.2) is 11.5 Å². The lowest BCUT2D eigenvalue weighted by molar-refractivity contribution is -0.275. The highest BCUT2D eigenvalue weighted by atomic mass is 32.1. The van der Waals surface area contributed by atoms with Crippen LogP contribution in [0.5, 0.6) is 11.5 Å². The molecular weight excluding hydrogens is 303 g/mol. The molecule has 1 aromatic carbocycles. The van der Waals surface area contributed by atoms with Crippen LogP contribution < -0.4 is 15.2 Å². The molecule has 7 heteroatoms. The summed E-state index contributed by atoms with van der Waals surface area (Å²) in [6.45, 7) is 2.05. The second kappa shape index (κ2) is 6.36. The SMILES string of the molecule is Cc1ccsc1C(CN)Oc1ccccc1OC(F)(F)F. The average Bonchev–Trinajstić information content (AvgIpc) is 2.82. The van der Waals surface area contributed by atoms with Gasteiger partial charge in [0.1, 0.15) is 6.10 Å². The fraction of sp³-hybridized carbons (Fsp3) is 0.286. The second-order valence-corrected chi connectivity index (χ2v) is 5.25. The molecule has 0 aliphatic heterocycles. The molecule has 1 heterocycles. The maximum Gasteiger partial charge on any atom is 0.573 e. The van der Waals surface area contributed by atoms with Crippen molar-refractivity contribution in [3.8, 4) is 11.5 Å². The van der Waals surface area contributed by atoms with Crippen LogP contribution in [0.25, 0.3) is 0 Å². The molecule has 1 aromatic heterocycles. The van der Waals surface area contributed by atoms with E-state index in [4.69, 9.17) is 10.5 Å². The Bertz CT molecular complexity index is 598. The van der Waals surface area contributed by atoms with E-state index < -0.39 is 12.5 Å². The number of alkyl halides is 3. The van der Waals surface area contributed by atoms with Gasteiger partial charge in [-0.05, 0) is 36.1 Å². The Labute approximate surface area is 124 Å². The zero-order chi connectivity index (χ0) is 15.5. The minimum absolute atomic E-state index is 0.0121. The van der Waals surface area contributed by atoms with Gasteiger partial charge in [-0.2, -0.15) is 0 Å². The molecule has 114 valence electrons. The summed E-state index contributed by atoms with van der Waals surface area (Å²) in [5.74, 6) is -0.365. The summed E-state index contributed by atoms with van der Waals surface area (Å²) in [7, 11) is 0. The van der Waals surface area contributed by atoms with Crippen LogP contribution in [0.2, 0.25) is 0 Å². The lowest BCUT2D eigenvalue weighted by atomic mass is 10.2. The maximum atomic E-state index is 12.4. The molecular formula is C14H14F3NO2S. The number of thiophene rings is 1. The monoisotopic (exact) mass is 317 g/mol. The van der Waals surface area contributed by atoms with E-state index in [1.54, 1.807) is 6.07 Å². The summed E-state index contributed by atoms with van der Waals surface area (Å²) >= 11 is 1.45. The summed E-state index contributed by atoms with van der Waals surface area (Å²) < 4.78 is 46.7. The van der Waals surface area contributed by atoms with Gasteiger partial charge >= 0.3 is 6.36 Å². The third-order valence-corrected chi connectivity index (χ3v) is 3.86. The standard InChI is InChI=1S/C14H14F3NO2S/c1-9-6-7-21-13(9)12(8-18)19-10-4-2-3-5-11(10)20-14(15,16)17/h2-7,12H,8,18H2,1H3. The first-order chi connectivity index (χ1) is 9.90. The molecule has 3 nitrogen and oxygen atoms in total. The number of halogens is 3. The summed E-state index contributed by atoms with van der Waals surface area (Å²) in [5, 5.41) is 1.88. The van der Waals surface area contributed by atoms with Crippen LogP contribution in [0.1, 0.15) is 16.5 Å². The van der Waals surface area contributed by atoms with Crippen molar-refractivity contribution in [2.75, 3.05) is 6.54 Å². The highest BCUT2D eigenvalue weighted by Gasteiger charge is 2.32. The zero-order valence-corrected chi connectivity index (χ0v) is 12.0. The molecule has 0 aliphatic rings. The topological polar surface area (TPSA) is 44.5 Å². The second-order valence-electron chi connectivity index (χ2n) is 4.30. The van der Waals surface area contributed by atoms with E-state index in [1.807, 2.05) is 18.4 Å². The Kier molecular flexibility index (Phi) is 4.74. The largest absolute Gasteiger partial charge is 0.573 e. The lowest BCUT2D eigenvalue weighted by Crippen LogP contribution is -2.20. The van der Waals surface area contributed by atoms with Crippen molar-refractivity contribution in [3.05, 3.63) is 46.2 Å². The number of benzene rings is 1. The van der Waals surface area contributed by atoms with Crippen LogP contribution in [0.4, 0.5) is 13.2 Å². The highest BCUT2D eigenvalue weighted by molar-refractivity contribution is 7.10. The molecule has 1 atom stereocenters. The van der Waals surface area contributed by atoms with E-state index >= 15 is 0 Å². The lowest BCUT2D eigenvalue weighted by Gasteiger charge is -2.20. The van der Waals surface area contributed by atoms with Gasteiger partial charge in [0, 0.05) is 11.4 Å². The molecule has 2 aromatic rings. The molecule has 1 unspecified atom stereocenters. The third kappa shape index (κ3) is 4.12. The number of nitrogens with two attached hydrogens (primary N) is 1. The van der Waals surface area contributed by atoms with E-state index in [-0.39, 0.29) is 18.0 Å².